The summed E-state index contributed by atoms with van der Waals surface area (Å²) in [4.78, 5) is 30.8. The van der Waals surface area contributed by atoms with E-state index < -0.39 is 25.7 Å². The first-order valence-corrected chi connectivity index (χ1v) is 8.11. The zero-order chi connectivity index (χ0) is 15.2. The van der Waals surface area contributed by atoms with E-state index in [1.54, 1.807) is 0 Å². The number of hydrogen-bond acceptors (Lipinski definition) is 4. The zero-order valence-electron chi connectivity index (χ0n) is 12.3. The summed E-state index contributed by atoms with van der Waals surface area (Å²) in [5.74, 6) is -0.554. The maximum absolute atomic E-state index is 11.2. The number of hydrogen-bond donors (Lipinski definition) is 2. The van der Waals surface area contributed by atoms with Crippen LogP contribution in [-0.4, -0.2) is 33.3 Å². The minimum Gasteiger partial charge on any atom is -0.779 e. The molecule has 0 aliphatic rings. The number of amides is 1. The second-order valence-electron chi connectivity index (χ2n) is 4.69. The number of hydroxylamine groups is 2. The maximum Gasteiger partial charge on any atom is 1.00 e. The van der Waals surface area contributed by atoms with Gasteiger partial charge in [-0.15, -0.1) is 0 Å². The monoisotopic (exact) mass is 323 g/mol. The molecule has 0 aromatic heterocycles. The van der Waals surface area contributed by atoms with Crippen molar-refractivity contribution in [1.82, 2.24) is 5.06 Å². The van der Waals surface area contributed by atoms with E-state index in [0.717, 1.165) is 5.56 Å². The second kappa shape index (κ2) is 9.74. The predicted octanol–water partition coefficient (Wildman–Crippen LogP) is -1.83. The molecule has 1 aromatic rings. The molecular weight excluding hydrogens is 304 g/mol. The first-order chi connectivity index (χ1) is 9.29. The van der Waals surface area contributed by atoms with Crippen molar-refractivity contribution in [2.75, 3.05) is 6.16 Å². The Morgan fingerprint density at radius 1 is 1.33 bits per heavy atom. The van der Waals surface area contributed by atoms with Crippen LogP contribution in [0.1, 0.15) is 25.3 Å². The van der Waals surface area contributed by atoms with Crippen LogP contribution >= 0.6 is 7.60 Å². The molecule has 0 saturated carbocycles. The van der Waals surface area contributed by atoms with Crippen LogP contribution in [-0.2, 0) is 15.8 Å². The SMILES string of the molecule is CC(=O)N(O)C(CCc1ccccc1)CCP(=O)([O-])O.[Na+]. The number of carbonyl (C=O) groups is 1. The van der Waals surface area contributed by atoms with Crippen molar-refractivity contribution >= 4 is 13.5 Å². The van der Waals surface area contributed by atoms with Crippen molar-refractivity contribution in [2.45, 2.75) is 32.2 Å². The Kier molecular flexibility index (Phi) is 9.65. The predicted molar refractivity (Wildman–Crippen MR) is 72.2 cm³/mol. The minimum atomic E-state index is -4.38. The Bertz CT molecular complexity index is 479. The molecule has 1 amide bonds. The van der Waals surface area contributed by atoms with E-state index in [0.29, 0.717) is 17.9 Å². The van der Waals surface area contributed by atoms with E-state index in [1.807, 2.05) is 30.3 Å². The Hall–Kier alpha value is -0.200. The molecule has 0 saturated heterocycles. The average molecular weight is 323 g/mol. The molecule has 8 heteroatoms. The van der Waals surface area contributed by atoms with Gasteiger partial charge in [-0.25, -0.2) is 5.06 Å². The molecule has 0 aliphatic heterocycles. The quantitative estimate of drug-likeness (QED) is 0.266. The van der Waals surface area contributed by atoms with Crippen LogP contribution in [0.25, 0.3) is 0 Å². The summed E-state index contributed by atoms with van der Waals surface area (Å²) in [6.45, 7) is 1.20. The summed E-state index contributed by atoms with van der Waals surface area (Å²) in [5, 5.41) is 10.2. The summed E-state index contributed by atoms with van der Waals surface area (Å²) in [6, 6.07) is 8.84. The molecule has 0 spiro atoms. The fourth-order valence-electron chi connectivity index (χ4n) is 1.94. The van der Waals surface area contributed by atoms with Gasteiger partial charge in [-0.1, -0.05) is 30.3 Å². The number of aryl methyl sites for hydroxylation is 1. The van der Waals surface area contributed by atoms with Crippen molar-refractivity contribution in [1.29, 1.82) is 0 Å². The van der Waals surface area contributed by atoms with Gasteiger partial charge in [0.1, 0.15) is 7.60 Å². The van der Waals surface area contributed by atoms with Gasteiger partial charge in [0.15, 0.2) is 0 Å². The van der Waals surface area contributed by atoms with Gasteiger partial charge in [-0.3, -0.25) is 10.0 Å². The van der Waals surface area contributed by atoms with Gasteiger partial charge in [0.2, 0.25) is 5.91 Å². The Morgan fingerprint density at radius 2 is 1.90 bits per heavy atom. The smallest absolute Gasteiger partial charge is 0.779 e. The number of nitrogens with zero attached hydrogens (tertiary/aromatic N) is 1. The third-order valence-electron chi connectivity index (χ3n) is 3.02. The standard InChI is InChI=1S/C13H20NO5P.Na/c1-11(15)14(16)13(9-10-20(17,18)19)8-7-12-5-3-2-4-6-12;/h2-6,13,16H,7-10H2,1H3,(H2,17,18,19);/q;+1/p-1. The van der Waals surface area contributed by atoms with Gasteiger partial charge in [0.05, 0.1) is 6.04 Å². The second-order valence-corrected chi connectivity index (χ2v) is 6.41. The van der Waals surface area contributed by atoms with Crippen molar-refractivity contribution in [2.24, 2.45) is 0 Å². The van der Waals surface area contributed by atoms with Gasteiger partial charge in [-0.05, 0) is 24.8 Å². The van der Waals surface area contributed by atoms with Crippen LogP contribution in [0.3, 0.4) is 0 Å². The molecule has 112 valence electrons. The number of rotatable bonds is 7. The molecule has 6 nitrogen and oxygen atoms in total. The molecule has 1 rings (SSSR count). The first kappa shape index (κ1) is 20.8. The van der Waals surface area contributed by atoms with Crippen LogP contribution in [0.4, 0.5) is 0 Å². The van der Waals surface area contributed by atoms with E-state index in [4.69, 9.17) is 4.89 Å². The molecule has 0 fully saturated rings. The van der Waals surface area contributed by atoms with Crippen LogP contribution in [0.2, 0.25) is 0 Å². The van der Waals surface area contributed by atoms with Crippen LogP contribution in [0.15, 0.2) is 30.3 Å². The molecule has 2 unspecified atom stereocenters. The molecule has 0 aliphatic carbocycles. The van der Waals surface area contributed by atoms with E-state index in [9.17, 15) is 19.5 Å². The fourth-order valence-corrected chi connectivity index (χ4v) is 2.56. The fraction of sp³-hybridized carbons (Fsp3) is 0.462. The summed E-state index contributed by atoms with van der Waals surface area (Å²) < 4.78 is 10.8. The zero-order valence-corrected chi connectivity index (χ0v) is 15.2. The van der Waals surface area contributed by atoms with Gasteiger partial charge >= 0.3 is 29.6 Å². The number of benzene rings is 1. The van der Waals surface area contributed by atoms with Crippen LogP contribution in [0.5, 0.6) is 0 Å². The van der Waals surface area contributed by atoms with Crippen molar-refractivity contribution in [3.8, 4) is 0 Å². The molecule has 1 aromatic carbocycles. The van der Waals surface area contributed by atoms with Crippen LogP contribution in [0, 0.1) is 0 Å². The van der Waals surface area contributed by atoms with Crippen LogP contribution < -0.4 is 34.5 Å². The van der Waals surface area contributed by atoms with E-state index in [1.165, 1.54) is 6.92 Å². The van der Waals surface area contributed by atoms with E-state index in [2.05, 4.69) is 0 Å². The first-order valence-electron chi connectivity index (χ1n) is 6.35. The van der Waals surface area contributed by atoms with Gasteiger partial charge < -0.3 is 14.4 Å². The Labute approximate surface area is 146 Å². The molecule has 0 bridgehead atoms. The van der Waals surface area contributed by atoms with E-state index in [-0.39, 0.29) is 36.0 Å². The normalized spacial score (nSPS) is 14.7. The van der Waals surface area contributed by atoms with Crippen molar-refractivity contribution < 1.29 is 53.9 Å². The Morgan fingerprint density at radius 3 is 2.38 bits per heavy atom. The third kappa shape index (κ3) is 8.73. The summed E-state index contributed by atoms with van der Waals surface area (Å²) in [7, 11) is -4.38. The minimum absolute atomic E-state index is 0. The molecule has 2 atom stereocenters. The van der Waals surface area contributed by atoms with Gasteiger partial charge in [-0.2, -0.15) is 0 Å². The molecule has 0 heterocycles. The van der Waals surface area contributed by atoms with Gasteiger partial charge in [0.25, 0.3) is 0 Å². The number of carbonyl (C=O) groups excluding carboxylic acids is 1. The summed E-state index contributed by atoms with van der Waals surface area (Å²) in [5.41, 5.74) is 1.03. The molecule has 0 radical (unpaired) electrons. The largest absolute Gasteiger partial charge is 1.00 e. The topological polar surface area (TPSA) is 101 Å². The van der Waals surface area contributed by atoms with Crippen molar-refractivity contribution in [3.05, 3.63) is 35.9 Å². The van der Waals surface area contributed by atoms with Crippen molar-refractivity contribution in [3.63, 3.8) is 0 Å². The molecular formula is C13H19NNaO5P. The van der Waals surface area contributed by atoms with Gasteiger partial charge in [0, 0.05) is 13.1 Å². The molecule has 21 heavy (non-hydrogen) atoms. The maximum atomic E-state index is 11.2. The third-order valence-corrected chi connectivity index (χ3v) is 3.85. The summed E-state index contributed by atoms with van der Waals surface area (Å²) >= 11 is 0. The Balaban J connectivity index is 0.00000400. The molecule has 2 N–H and O–H groups in total. The van der Waals surface area contributed by atoms with E-state index >= 15 is 0 Å². The average Bonchev–Trinajstić information content (AvgIpc) is 2.38. The summed E-state index contributed by atoms with van der Waals surface area (Å²) in [6.07, 6.45) is 0.557.